The van der Waals surface area contributed by atoms with Crippen molar-refractivity contribution >= 4 is 28.4 Å². The Morgan fingerprint density at radius 2 is 1.77 bits per heavy atom. The molecule has 204 valence electrons. The number of rotatable bonds is 8. The topological polar surface area (TPSA) is 89.2 Å². The SMILES string of the molecule is CCCCNC(=O)c1ccc(C(O)(c2ccc3c(c2)c(-c2cccc(Cl)c2)cc(=O)n3C)c2cncn2C)cc1. The van der Waals surface area contributed by atoms with Crippen molar-refractivity contribution in [2.75, 3.05) is 6.54 Å². The van der Waals surface area contributed by atoms with Gasteiger partial charge in [0.05, 0.1) is 23.7 Å². The number of aryl methyl sites for hydroxylation is 2. The van der Waals surface area contributed by atoms with Crippen LogP contribution in [0.2, 0.25) is 5.02 Å². The fourth-order valence-corrected chi connectivity index (χ4v) is 5.28. The number of pyridine rings is 1. The number of aliphatic hydroxyl groups is 1. The zero-order chi connectivity index (χ0) is 28.4. The minimum atomic E-state index is -1.60. The molecule has 0 aliphatic rings. The maximum absolute atomic E-state index is 12.9. The summed E-state index contributed by atoms with van der Waals surface area (Å²) in [5, 5.41) is 16.8. The van der Waals surface area contributed by atoms with Gasteiger partial charge in [0.2, 0.25) is 0 Å². The zero-order valence-electron chi connectivity index (χ0n) is 22.7. The molecule has 0 fully saturated rings. The number of fused-ring (bicyclic) bond motifs is 1. The second kappa shape index (κ2) is 11.1. The van der Waals surface area contributed by atoms with Crippen LogP contribution in [0.15, 0.2) is 90.1 Å². The number of halogens is 1. The Bertz CT molecular complexity index is 1760. The molecular formula is C32H31ClN4O3. The highest BCUT2D eigenvalue weighted by Crippen LogP contribution is 2.39. The fraction of sp³-hybridized carbons (Fsp3) is 0.219. The Hall–Kier alpha value is -4.20. The number of nitrogens with zero attached hydrogens (tertiary/aromatic N) is 3. The van der Waals surface area contributed by atoms with Gasteiger partial charge < -0.3 is 19.6 Å². The third-order valence-electron chi connectivity index (χ3n) is 7.37. The zero-order valence-corrected chi connectivity index (χ0v) is 23.4. The molecule has 1 atom stereocenters. The molecule has 5 rings (SSSR count). The number of amides is 1. The van der Waals surface area contributed by atoms with E-state index < -0.39 is 5.60 Å². The molecule has 5 aromatic rings. The monoisotopic (exact) mass is 554 g/mol. The summed E-state index contributed by atoms with van der Waals surface area (Å²) in [6.45, 7) is 2.69. The fourth-order valence-electron chi connectivity index (χ4n) is 5.09. The van der Waals surface area contributed by atoms with Crippen molar-refractivity contribution in [3.05, 3.63) is 123 Å². The van der Waals surface area contributed by atoms with Crippen molar-refractivity contribution < 1.29 is 9.90 Å². The molecule has 1 amide bonds. The quantitative estimate of drug-likeness (QED) is 0.251. The predicted molar refractivity (Wildman–Crippen MR) is 159 cm³/mol. The first-order valence-electron chi connectivity index (χ1n) is 13.2. The number of imidazole rings is 1. The normalized spacial score (nSPS) is 12.8. The van der Waals surface area contributed by atoms with E-state index >= 15 is 0 Å². The summed E-state index contributed by atoms with van der Waals surface area (Å²) >= 11 is 6.29. The average molecular weight is 555 g/mol. The molecule has 0 saturated heterocycles. The van der Waals surface area contributed by atoms with E-state index in [-0.39, 0.29) is 11.5 Å². The molecule has 0 radical (unpaired) electrons. The standard InChI is InChI=1S/C32H31ClN4O3/c1-4-5-15-35-31(39)21-9-11-23(12-10-21)32(40,29-19-34-20-36(29)2)24-13-14-28-27(17-24)26(18-30(38)37(28)3)22-7-6-8-25(33)16-22/h6-14,16-20,40H,4-5,15H2,1-3H3,(H,35,39). The summed E-state index contributed by atoms with van der Waals surface area (Å²) < 4.78 is 3.36. The summed E-state index contributed by atoms with van der Waals surface area (Å²) in [7, 11) is 3.55. The number of aromatic nitrogens is 3. The van der Waals surface area contributed by atoms with Gasteiger partial charge in [-0.15, -0.1) is 0 Å². The molecule has 8 heteroatoms. The molecule has 0 aliphatic heterocycles. The van der Waals surface area contributed by atoms with Gasteiger partial charge in [0, 0.05) is 42.7 Å². The van der Waals surface area contributed by atoms with E-state index in [1.165, 1.54) is 0 Å². The minimum absolute atomic E-state index is 0.148. The molecule has 7 nitrogen and oxygen atoms in total. The lowest BCUT2D eigenvalue weighted by Crippen LogP contribution is -2.31. The van der Waals surface area contributed by atoms with Crippen LogP contribution in [0.4, 0.5) is 0 Å². The molecule has 0 bridgehead atoms. The van der Waals surface area contributed by atoms with Gasteiger partial charge >= 0.3 is 0 Å². The number of benzene rings is 3. The lowest BCUT2D eigenvalue weighted by molar-refractivity contribution is 0.0952. The van der Waals surface area contributed by atoms with Crippen molar-refractivity contribution in [1.82, 2.24) is 19.4 Å². The number of carbonyl (C=O) groups excluding carboxylic acids is 1. The third kappa shape index (κ3) is 4.94. The van der Waals surface area contributed by atoms with Gasteiger partial charge in [-0.25, -0.2) is 4.98 Å². The van der Waals surface area contributed by atoms with Crippen LogP contribution in [0.5, 0.6) is 0 Å². The third-order valence-corrected chi connectivity index (χ3v) is 7.60. The molecular weight excluding hydrogens is 524 g/mol. The van der Waals surface area contributed by atoms with Crippen LogP contribution >= 0.6 is 11.6 Å². The predicted octanol–water partition coefficient (Wildman–Crippen LogP) is 5.41. The molecule has 0 aliphatic carbocycles. The van der Waals surface area contributed by atoms with E-state index in [2.05, 4.69) is 17.2 Å². The lowest BCUT2D eigenvalue weighted by Gasteiger charge is -2.30. The molecule has 40 heavy (non-hydrogen) atoms. The van der Waals surface area contributed by atoms with Gasteiger partial charge in [0.15, 0.2) is 5.60 Å². The second-order valence-electron chi connectivity index (χ2n) is 9.98. The van der Waals surface area contributed by atoms with E-state index in [1.807, 2.05) is 43.4 Å². The van der Waals surface area contributed by atoms with Crippen LogP contribution in [0.1, 0.15) is 46.9 Å². The van der Waals surface area contributed by atoms with Crippen molar-refractivity contribution in [2.24, 2.45) is 14.1 Å². The summed E-state index contributed by atoms with van der Waals surface area (Å²) in [5.74, 6) is -0.151. The van der Waals surface area contributed by atoms with E-state index in [1.54, 1.807) is 65.1 Å². The summed E-state index contributed by atoms with van der Waals surface area (Å²) in [6, 6.07) is 21.5. The van der Waals surface area contributed by atoms with Gasteiger partial charge in [-0.1, -0.05) is 55.3 Å². The van der Waals surface area contributed by atoms with Crippen LogP contribution in [0, 0.1) is 0 Å². The number of hydrogen-bond acceptors (Lipinski definition) is 4. The second-order valence-corrected chi connectivity index (χ2v) is 10.4. The van der Waals surface area contributed by atoms with Crippen molar-refractivity contribution in [3.63, 3.8) is 0 Å². The average Bonchev–Trinajstić information content (AvgIpc) is 3.40. The van der Waals surface area contributed by atoms with Gasteiger partial charge in [-0.3, -0.25) is 9.59 Å². The van der Waals surface area contributed by atoms with E-state index in [0.29, 0.717) is 39.5 Å². The van der Waals surface area contributed by atoms with Gasteiger partial charge in [-0.2, -0.15) is 0 Å². The van der Waals surface area contributed by atoms with Crippen LogP contribution < -0.4 is 10.9 Å². The summed E-state index contributed by atoms with van der Waals surface area (Å²) in [6.07, 6.45) is 5.18. The first-order valence-corrected chi connectivity index (χ1v) is 13.6. The molecule has 2 N–H and O–H groups in total. The molecule has 2 aromatic heterocycles. The van der Waals surface area contributed by atoms with E-state index in [0.717, 1.165) is 29.3 Å². The van der Waals surface area contributed by atoms with Crippen LogP contribution in [0.25, 0.3) is 22.0 Å². The summed E-state index contributed by atoms with van der Waals surface area (Å²) in [5.41, 5.74) is 2.73. The first kappa shape index (κ1) is 27.4. The highest BCUT2D eigenvalue weighted by Gasteiger charge is 2.37. The van der Waals surface area contributed by atoms with E-state index in [9.17, 15) is 14.7 Å². The highest BCUT2D eigenvalue weighted by molar-refractivity contribution is 6.30. The number of nitrogens with one attached hydrogen (secondary N) is 1. The molecule has 2 heterocycles. The van der Waals surface area contributed by atoms with Gasteiger partial charge in [-0.05, 0) is 65.1 Å². The Morgan fingerprint density at radius 3 is 2.45 bits per heavy atom. The Labute approximate surface area is 237 Å². The summed E-state index contributed by atoms with van der Waals surface area (Å²) in [4.78, 5) is 29.7. The number of carbonyl (C=O) groups is 1. The van der Waals surface area contributed by atoms with Crippen molar-refractivity contribution in [1.29, 1.82) is 0 Å². The van der Waals surface area contributed by atoms with Crippen LogP contribution in [-0.4, -0.2) is 31.7 Å². The first-order chi connectivity index (χ1) is 19.2. The van der Waals surface area contributed by atoms with Crippen molar-refractivity contribution in [3.8, 4) is 11.1 Å². The minimum Gasteiger partial charge on any atom is -0.374 e. The molecule has 1 unspecified atom stereocenters. The van der Waals surface area contributed by atoms with E-state index in [4.69, 9.17) is 11.6 Å². The molecule has 0 spiro atoms. The Kier molecular flexibility index (Phi) is 7.61. The smallest absolute Gasteiger partial charge is 0.251 e. The lowest BCUT2D eigenvalue weighted by atomic mass is 9.82. The van der Waals surface area contributed by atoms with Crippen LogP contribution in [0.3, 0.4) is 0 Å². The van der Waals surface area contributed by atoms with Crippen LogP contribution in [-0.2, 0) is 19.7 Å². The number of hydrogen-bond donors (Lipinski definition) is 2. The Morgan fingerprint density at radius 1 is 1.02 bits per heavy atom. The highest BCUT2D eigenvalue weighted by atomic mass is 35.5. The molecule has 3 aromatic carbocycles. The number of unbranched alkanes of at least 4 members (excludes halogenated alkanes) is 1. The van der Waals surface area contributed by atoms with Crippen molar-refractivity contribution in [2.45, 2.75) is 25.4 Å². The maximum Gasteiger partial charge on any atom is 0.251 e. The van der Waals surface area contributed by atoms with Gasteiger partial charge in [0.1, 0.15) is 0 Å². The molecule has 0 saturated carbocycles. The Balaban J connectivity index is 1.69. The largest absolute Gasteiger partial charge is 0.374 e. The van der Waals surface area contributed by atoms with Gasteiger partial charge in [0.25, 0.3) is 11.5 Å². The maximum atomic E-state index is 12.9.